The monoisotopic (exact) mass is 250 g/mol. The Kier molecular flexibility index (Phi) is 4.23. The second-order valence-corrected chi connectivity index (χ2v) is 4.90. The van der Waals surface area contributed by atoms with Crippen molar-refractivity contribution in [3.8, 4) is 5.88 Å². The second kappa shape index (κ2) is 5.89. The van der Waals surface area contributed by atoms with Gasteiger partial charge in [-0.25, -0.2) is 0 Å². The first-order valence-electron chi connectivity index (χ1n) is 6.74. The van der Waals surface area contributed by atoms with Gasteiger partial charge in [0, 0.05) is 12.6 Å². The topological polar surface area (TPSA) is 73.1 Å². The number of hydrogen-bond acceptors (Lipinski definition) is 5. The van der Waals surface area contributed by atoms with Crippen molar-refractivity contribution < 1.29 is 4.74 Å². The number of ether oxygens (including phenoxy) is 1. The Morgan fingerprint density at radius 3 is 2.89 bits per heavy atom. The van der Waals surface area contributed by atoms with Gasteiger partial charge in [0.2, 0.25) is 11.8 Å². The molecule has 2 unspecified atom stereocenters. The van der Waals surface area contributed by atoms with Crippen LogP contribution >= 0.6 is 0 Å². The van der Waals surface area contributed by atoms with Crippen molar-refractivity contribution in [3.05, 3.63) is 6.07 Å². The molecule has 0 bridgehead atoms. The molecule has 1 saturated carbocycles. The van der Waals surface area contributed by atoms with Crippen molar-refractivity contribution in [1.29, 1.82) is 0 Å². The number of rotatable bonds is 4. The first-order valence-corrected chi connectivity index (χ1v) is 6.74. The number of anilines is 2. The molecule has 5 heteroatoms. The molecule has 100 valence electrons. The zero-order chi connectivity index (χ0) is 13.0. The maximum atomic E-state index is 5.96. The van der Waals surface area contributed by atoms with Crippen molar-refractivity contribution in [2.75, 3.05) is 17.6 Å². The molecule has 0 radical (unpaired) electrons. The molecule has 1 fully saturated rings. The highest BCUT2D eigenvalue weighted by Crippen LogP contribution is 2.28. The third-order valence-electron chi connectivity index (χ3n) is 3.38. The van der Waals surface area contributed by atoms with Gasteiger partial charge in [-0.15, -0.1) is 0 Å². The predicted octanol–water partition coefficient (Wildman–Crippen LogP) is 2.45. The lowest BCUT2D eigenvalue weighted by molar-refractivity contribution is 0.0977. The van der Waals surface area contributed by atoms with Crippen LogP contribution in [-0.4, -0.2) is 22.6 Å². The van der Waals surface area contributed by atoms with Crippen LogP contribution < -0.4 is 15.8 Å². The van der Waals surface area contributed by atoms with E-state index in [0.717, 1.165) is 18.8 Å². The minimum absolute atomic E-state index is 0.252. The molecule has 2 rings (SSSR count). The number of aromatic nitrogens is 2. The second-order valence-electron chi connectivity index (χ2n) is 4.90. The molecule has 0 amide bonds. The minimum Gasteiger partial charge on any atom is -0.474 e. The van der Waals surface area contributed by atoms with Gasteiger partial charge in [0.1, 0.15) is 11.9 Å². The van der Waals surface area contributed by atoms with Crippen LogP contribution in [0.5, 0.6) is 5.88 Å². The van der Waals surface area contributed by atoms with Crippen LogP contribution in [0, 0.1) is 5.92 Å². The molecule has 0 aromatic carbocycles. The van der Waals surface area contributed by atoms with Crippen molar-refractivity contribution in [1.82, 2.24) is 9.97 Å². The van der Waals surface area contributed by atoms with E-state index in [1.807, 2.05) is 13.0 Å². The maximum Gasteiger partial charge on any atom is 0.225 e. The van der Waals surface area contributed by atoms with E-state index in [4.69, 9.17) is 10.5 Å². The first kappa shape index (κ1) is 12.9. The molecule has 1 aliphatic rings. The van der Waals surface area contributed by atoms with Gasteiger partial charge >= 0.3 is 0 Å². The van der Waals surface area contributed by atoms with Gasteiger partial charge in [-0.05, 0) is 32.1 Å². The van der Waals surface area contributed by atoms with E-state index in [-0.39, 0.29) is 12.1 Å². The minimum atomic E-state index is 0.252. The number of nitrogen functional groups attached to an aromatic ring is 1. The number of nitrogens with zero attached hydrogens (tertiary/aromatic N) is 2. The Labute approximate surface area is 108 Å². The highest BCUT2D eigenvalue weighted by Gasteiger charge is 2.23. The first-order chi connectivity index (χ1) is 8.69. The fourth-order valence-corrected chi connectivity index (χ4v) is 2.39. The molecule has 0 saturated heterocycles. The summed E-state index contributed by atoms with van der Waals surface area (Å²) in [6.07, 6.45) is 5.11. The van der Waals surface area contributed by atoms with E-state index in [1.165, 1.54) is 19.3 Å². The smallest absolute Gasteiger partial charge is 0.225 e. The predicted molar refractivity (Wildman–Crippen MR) is 72.7 cm³/mol. The molecular formula is C13H22N4O. The SMILES string of the molecule is CCNc1cc(OC2CCCCC2C)nc(N)n1. The molecule has 5 nitrogen and oxygen atoms in total. The molecule has 18 heavy (non-hydrogen) atoms. The molecular weight excluding hydrogens is 228 g/mol. The summed E-state index contributed by atoms with van der Waals surface area (Å²) in [5.74, 6) is 2.14. The standard InChI is InChI=1S/C13H22N4O/c1-3-15-11-8-12(17-13(14)16-11)18-10-7-5-4-6-9(10)2/h8-10H,3-7H2,1-2H3,(H3,14,15,16,17). The number of nitrogens with one attached hydrogen (secondary N) is 1. The summed E-state index contributed by atoms with van der Waals surface area (Å²) in [6.45, 7) is 5.05. The van der Waals surface area contributed by atoms with Crippen LogP contribution in [0.3, 0.4) is 0 Å². The normalized spacial score (nSPS) is 23.7. The largest absolute Gasteiger partial charge is 0.474 e. The molecule has 1 aliphatic carbocycles. The van der Waals surface area contributed by atoms with Gasteiger partial charge < -0.3 is 15.8 Å². The average Bonchev–Trinajstić information content (AvgIpc) is 2.32. The van der Waals surface area contributed by atoms with Crippen LogP contribution in [0.15, 0.2) is 6.07 Å². The summed E-state index contributed by atoms with van der Waals surface area (Å²) in [6, 6.07) is 1.82. The van der Waals surface area contributed by atoms with Crippen molar-refractivity contribution in [3.63, 3.8) is 0 Å². The van der Waals surface area contributed by atoms with Crippen LogP contribution in [0.25, 0.3) is 0 Å². The lowest BCUT2D eigenvalue weighted by Crippen LogP contribution is -2.28. The third kappa shape index (κ3) is 3.24. The summed E-state index contributed by atoms with van der Waals surface area (Å²) in [4.78, 5) is 8.26. The zero-order valence-electron chi connectivity index (χ0n) is 11.1. The molecule has 3 N–H and O–H groups in total. The van der Waals surface area contributed by atoms with Crippen molar-refractivity contribution in [2.45, 2.75) is 45.6 Å². The van der Waals surface area contributed by atoms with E-state index < -0.39 is 0 Å². The van der Waals surface area contributed by atoms with E-state index in [1.54, 1.807) is 0 Å². The highest BCUT2D eigenvalue weighted by molar-refractivity contribution is 5.42. The fraction of sp³-hybridized carbons (Fsp3) is 0.692. The molecule has 1 heterocycles. The zero-order valence-corrected chi connectivity index (χ0v) is 11.1. The summed E-state index contributed by atoms with van der Waals surface area (Å²) >= 11 is 0. The van der Waals surface area contributed by atoms with Gasteiger partial charge in [-0.1, -0.05) is 13.3 Å². The van der Waals surface area contributed by atoms with Gasteiger partial charge in [0.05, 0.1) is 0 Å². The Morgan fingerprint density at radius 2 is 2.17 bits per heavy atom. The fourth-order valence-electron chi connectivity index (χ4n) is 2.39. The van der Waals surface area contributed by atoms with Crippen LogP contribution in [-0.2, 0) is 0 Å². The van der Waals surface area contributed by atoms with Crippen molar-refractivity contribution in [2.24, 2.45) is 5.92 Å². The highest BCUT2D eigenvalue weighted by atomic mass is 16.5. The maximum absolute atomic E-state index is 5.96. The van der Waals surface area contributed by atoms with Crippen LogP contribution in [0.1, 0.15) is 39.5 Å². The third-order valence-corrected chi connectivity index (χ3v) is 3.38. The molecule has 0 aliphatic heterocycles. The van der Waals surface area contributed by atoms with Gasteiger partial charge in [0.25, 0.3) is 0 Å². The van der Waals surface area contributed by atoms with Gasteiger partial charge in [0.15, 0.2) is 0 Å². The summed E-state index contributed by atoms with van der Waals surface area (Å²) in [7, 11) is 0. The van der Waals surface area contributed by atoms with E-state index in [2.05, 4.69) is 22.2 Å². The summed E-state index contributed by atoms with van der Waals surface area (Å²) in [5, 5.41) is 3.13. The number of hydrogen-bond donors (Lipinski definition) is 2. The Bertz CT molecular complexity index is 397. The lowest BCUT2D eigenvalue weighted by Gasteiger charge is -2.28. The summed E-state index contributed by atoms with van der Waals surface area (Å²) in [5.41, 5.74) is 5.69. The van der Waals surface area contributed by atoms with Crippen LogP contribution in [0.4, 0.5) is 11.8 Å². The Balaban J connectivity index is 2.07. The molecule has 0 spiro atoms. The molecule has 1 aromatic heterocycles. The molecule has 1 aromatic rings. The quantitative estimate of drug-likeness (QED) is 0.858. The number of nitrogens with two attached hydrogens (primary N) is 1. The average molecular weight is 250 g/mol. The van der Waals surface area contributed by atoms with E-state index >= 15 is 0 Å². The molecule has 2 atom stereocenters. The van der Waals surface area contributed by atoms with E-state index in [0.29, 0.717) is 11.8 Å². The lowest BCUT2D eigenvalue weighted by atomic mass is 9.88. The van der Waals surface area contributed by atoms with Gasteiger partial charge in [-0.3, -0.25) is 0 Å². The van der Waals surface area contributed by atoms with Crippen molar-refractivity contribution >= 4 is 11.8 Å². The van der Waals surface area contributed by atoms with Crippen LogP contribution in [0.2, 0.25) is 0 Å². The Hall–Kier alpha value is -1.52. The Morgan fingerprint density at radius 1 is 1.39 bits per heavy atom. The van der Waals surface area contributed by atoms with Gasteiger partial charge in [-0.2, -0.15) is 9.97 Å². The van der Waals surface area contributed by atoms with E-state index in [9.17, 15) is 0 Å². The summed E-state index contributed by atoms with van der Waals surface area (Å²) < 4.78 is 5.96.